The van der Waals surface area contributed by atoms with Crippen LogP contribution in [0.1, 0.15) is 76.4 Å². The van der Waals surface area contributed by atoms with Crippen LogP contribution in [0.5, 0.6) is 0 Å². The molecule has 0 spiro atoms. The molecule has 0 radical (unpaired) electrons. The SMILES string of the molecule is O=C1CCC(N2C(=O)c3cccc(SCc4nc(CNC56CC7CC(CC5C7)C6)cs4)c3C2=O)C(=O)N1. The maximum Gasteiger partial charge on any atom is 0.263 e. The first-order valence-electron chi connectivity index (χ1n) is 13.1. The number of imide groups is 2. The second-order valence-electron chi connectivity index (χ2n) is 11.2. The molecule has 192 valence electrons. The average molecular weight is 537 g/mol. The van der Waals surface area contributed by atoms with Crippen molar-refractivity contribution in [2.75, 3.05) is 0 Å². The zero-order valence-electron chi connectivity index (χ0n) is 20.3. The highest BCUT2D eigenvalue weighted by Crippen LogP contribution is 2.60. The van der Waals surface area contributed by atoms with Crippen LogP contribution in [0.2, 0.25) is 0 Å². The second kappa shape index (κ2) is 8.74. The number of nitrogens with zero attached hydrogens (tertiary/aromatic N) is 2. The van der Waals surface area contributed by atoms with E-state index in [1.165, 1.54) is 43.9 Å². The van der Waals surface area contributed by atoms with Crippen molar-refractivity contribution in [1.29, 1.82) is 0 Å². The number of hydrogen-bond acceptors (Lipinski definition) is 8. The molecule has 1 aromatic heterocycles. The Balaban J connectivity index is 1.02. The molecule has 4 bridgehead atoms. The predicted molar refractivity (Wildman–Crippen MR) is 138 cm³/mol. The lowest BCUT2D eigenvalue weighted by molar-refractivity contribution is -0.136. The maximum atomic E-state index is 13.3. The summed E-state index contributed by atoms with van der Waals surface area (Å²) in [4.78, 5) is 56.8. The van der Waals surface area contributed by atoms with E-state index in [2.05, 4.69) is 16.0 Å². The van der Waals surface area contributed by atoms with E-state index in [1.807, 2.05) is 6.07 Å². The fraction of sp³-hybridized carbons (Fsp3) is 0.519. The van der Waals surface area contributed by atoms with Crippen LogP contribution in [0.15, 0.2) is 28.5 Å². The summed E-state index contributed by atoms with van der Waals surface area (Å²) in [6.07, 6.45) is 7.12. The van der Waals surface area contributed by atoms with Crippen LogP contribution >= 0.6 is 23.1 Å². The molecular weight excluding hydrogens is 508 g/mol. The quantitative estimate of drug-likeness (QED) is 0.412. The highest BCUT2D eigenvalue weighted by Gasteiger charge is 2.57. The van der Waals surface area contributed by atoms with Crippen molar-refractivity contribution in [1.82, 2.24) is 20.5 Å². The molecule has 6 aliphatic rings. The van der Waals surface area contributed by atoms with E-state index in [0.717, 1.165) is 39.9 Å². The third-order valence-electron chi connectivity index (χ3n) is 8.99. The smallest absolute Gasteiger partial charge is 0.263 e. The average Bonchev–Trinajstić information content (AvgIpc) is 3.57. The maximum absolute atomic E-state index is 13.3. The summed E-state index contributed by atoms with van der Waals surface area (Å²) in [5, 5.41) is 9.24. The van der Waals surface area contributed by atoms with Gasteiger partial charge in [0.25, 0.3) is 11.8 Å². The van der Waals surface area contributed by atoms with Crippen LogP contribution in [0, 0.1) is 17.8 Å². The zero-order valence-corrected chi connectivity index (χ0v) is 22.0. The molecule has 2 N–H and O–H groups in total. The number of thioether (sulfide) groups is 1. The van der Waals surface area contributed by atoms with Gasteiger partial charge < -0.3 is 5.32 Å². The van der Waals surface area contributed by atoms with Crippen molar-refractivity contribution in [2.24, 2.45) is 17.8 Å². The lowest BCUT2D eigenvalue weighted by Gasteiger charge is -2.34. The summed E-state index contributed by atoms with van der Waals surface area (Å²) in [7, 11) is 0. The molecule has 3 unspecified atom stereocenters. The van der Waals surface area contributed by atoms with E-state index in [4.69, 9.17) is 4.98 Å². The zero-order chi connectivity index (χ0) is 25.3. The number of nitrogens with one attached hydrogen (secondary N) is 2. The van der Waals surface area contributed by atoms with Crippen LogP contribution < -0.4 is 10.6 Å². The van der Waals surface area contributed by atoms with Crippen molar-refractivity contribution in [3.05, 3.63) is 45.4 Å². The van der Waals surface area contributed by atoms with Crippen LogP contribution in [0.3, 0.4) is 0 Å². The number of rotatable bonds is 7. The summed E-state index contributed by atoms with van der Waals surface area (Å²) in [5.74, 6) is 1.34. The van der Waals surface area contributed by atoms with Gasteiger partial charge in [-0.15, -0.1) is 23.1 Å². The topological polar surface area (TPSA) is 108 Å². The molecule has 37 heavy (non-hydrogen) atoms. The van der Waals surface area contributed by atoms with Crippen molar-refractivity contribution in [2.45, 2.75) is 73.7 Å². The van der Waals surface area contributed by atoms with Crippen LogP contribution in [-0.4, -0.2) is 45.1 Å². The summed E-state index contributed by atoms with van der Waals surface area (Å²) in [6, 6.07) is 4.27. The Kier molecular flexibility index (Phi) is 5.57. The van der Waals surface area contributed by atoms with Gasteiger partial charge >= 0.3 is 0 Å². The monoisotopic (exact) mass is 536 g/mol. The largest absolute Gasteiger partial charge is 0.305 e. The Hall–Kier alpha value is -2.56. The Morgan fingerprint density at radius 1 is 1.11 bits per heavy atom. The number of carbonyl (C=O) groups is 4. The molecule has 4 aliphatic carbocycles. The summed E-state index contributed by atoms with van der Waals surface area (Å²) in [6.45, 7) is 0.797. The number of thiazole rings is 1. The van der Waals surface area contributed by atoms with E-state index in [9.17, 15) is 19.2 Å². The van der Waals surface area contributed by atoms with Crippen LogP contribution in [0.4, 0.5) is 0 Å². The molecule has 4 saturated carbocycles. The standard InChI is InChI=1S/C27H28N4O4S2/c32-21-5-4-19(24(33)30-21)31-25(34)18-2-1-3-20(23(18)26(31)35)36-13-22-29-17(12-37-22)11-28-27-9-14-6-15(10-27)8-16(27)7-14/h1-3,12,14-16,19,28H,4-11,13H2,(H,30,32,33). The van der Waals surface area contributed by atoms with E-state index >= 15 is 0 Å². The molecule has 5 fully saturated rings. The van der Waals surface area contributed by atoms with Crippen molar-refractivity contribution >= 4 is 46.7 Å². The Labute approximate surface area is 223 Å². The number of aromatic nitrogens is 1. The fourth-order valence-corrected chi connectivity index (χ4v) is 9.48. The third kappa shape index (κ3) is 3.87. The van der Waals surface area contributed by atoms with Gasteiger partial charge in [-0.25, -0.2) is 4.98 Å². The minimum absolute atomic E-state index is 0.107. The van der Waals surface area contributed by atoms with Crippen molar-refractivity contribution < 1.29 is 19.2 Å². The first-order valence-corrected chi connectivity index (χ1v) is 14.9. The first kappa shape index (κ1) is 23.5. The van der Waals surface area contributed by atoms with Gasteiger partial charge in [-0.3, -0.25) is 29.4 Å². The van der Waals surface area contributed by atoms with Gasteiger partial charge in [-0.05, 0) is 68.4 Å². The number of piperidine rings is 1. The lowest BCUT2D eigenvalue weighted by Crippen LogP contribution is -2.54. The van der Waals surface area contributed by atoms with E-state index in [0.29, 0.717) is 27.3 Å². The molecule has 4 amide bonds. The molecular formula is C27H28N4O4S2. The number of carbonyl (C=O) groups excluding carboxylic acids is 4. The van der Waals surface area contributed by atoms with Crippen LogP contribution in [-0.2, 0) is 21.9 Å². The molecule has 1 saturated heterocycles. The number of benzene rings is 1. The first-order chi connectivity index (χ1) is 17.9. The molecule has 10 heteroatoms. The predicted octanol–water partition coefficient (Wildman–Crippen LogP) is 3.50. The normalized spacial score (nSPS) is 31.9. The van der Waals surface area contributed by atoms with Gasteiger partial charge in [0, 0.05) is 28.8 Å². The summed E-state index contributed by atoms with van der Waals surface area (Å²) in [5.41, 5.74) is 2.04. The molecule has 1 aromatic carbocycles. The summed E-state index contributed by atoms with van der Waals surface area (Å²) < 4.78 is 0. The van der Waals surface area contributed by atoms with Gasteiger partial charge in [0.1, 0.15) is 11.0 Å². The number of hydrogen-bond donors (Lipinski definition) is 2. The van der Waals surface area contributed by atoms with Gasteiger partial charge in [-0.2, -0.15) is 0 Å². The minimum atomic E-state index is -0.957. The lowest BCUT2D eigenvalue weighted by atomic mass is 9.80. The molecule has 2 aromatic rings. The molecule has 2 aliphatic heterocycles. The Morgan fingerprint density at radius 2 is 1.92 bits per heavy atom. The van der Waals surface area contributed by atoms with E-state index in [1.54, 1.807) is 23.5 Å². The van der Waals surface area contributed by atoms with Gasteiger partial charge in [0.15, 0.2) is 0 Å². The summed E-state index contributed by atoms with van der Waals surface area (Å²) >= 11 is 3.11. The third-order valence-corrected chi connectivity index (χ3v) is 11.1. The van der Waals surface area contributed by atoms with Gasteiger partial charge in [0.05, 0.1) is 22.6 Å². The molecule has 8 rings (SSSR count). The van der Waals surface area contributed by atoms with E-state index < -0.39 is 23.8 Å². The van der Waals surface area contributed by atoms with Crippen molar-refractivity contribution in [3.63, 3.8) is 0 Å². The Bertz CT molecular complexity index is 1330. The van der Waals surface area contributed by atoms with Gasteiger partial charge in [-0.1, -0.05) is 6.07 Å². The fourth-order valence-electron chi connectivity index (χ4n) is 7.59. The highest BCUT2D eigenvalue weighted by molar-refractivity contribution is 7.98. The molecule has 3 atom stereocenters. The van der Waals surface area contributed by atoms with Gasteiger partial charge in [0.2, 0.25) is 11.8 Å². The molecule has 3 heterocycles. The van der Waals surface area contributed by atoms with Crippen molar-refractivity contribution in [3.8, 4) is 0 Å². The number of amides is 4. The second-order valence-corrected chi connectivity index (χ2v) is 13.2. The molecule has 8 nitrogen and oxygen atoms in total. The Morgan fingerprint density at radius 3 is 2.70 bits per heavy atom. The van der Waals surface area contributed by atoms with E-state index in [-0.39, 0.29) is 18.7 Å². The highest BCUT2D eigenvalue weighted by atomic mass is 32.2. The van der Waals surface area contributed by atoms with Crippen LogP contribution in [0.25, 0.3) is 0 Å². The number of fused-ring (bicyclic) bond motifs is 1. The minimum Gasteiger partial charge on any atom is -0.305 e.